The molecule has 0 amide bonds. The van der Waals surface area contributed by atoms with Gasteiger partial charge in [-0.3, -0.25) is 5.10 Å². The number of aromatic amines is 1. The van der Waals surface area contributed by atoms with E-state index in [1.165, 1.54) is 0 Å². The van der Waals surface area contributed by atoms with Crippen LogP contribution in [0.15, 0.2) is 24.4 Å². The maximum absolute atomic E-state index is 4.72. The number of hydrogen-bond acceptors (Lipinski definition) is 6. The number of nitrogens with one attached hydrogen (secondary N) is 1. The Bertz CT molecular complexity index is 833. The topological polar surface area (TPSA) is 73.8 Å². The fourth-order valence-electron chi connectivity index (χ4n) is 2.88. The van der Waals surface area contributed by atoms with Gasteiger partial charge in [0.25, 0.3) is 0 Å². The van der Waals surface area contributed by atoms with Gasteiger partial charge in [-0.2, -0.15) is 10.2 Å². The molecule has 0 atom stereocenters. The van der Waals surface area contributed by atoms with Crippen LogP contribution in [0.2, 0.25) is 0 Å². The Kier molecular flexibility index (Phi) is 3.42. The summed E-state index contributed by atoms with van der Waals surface area (Å²) in [5.74, 6) is 1.55. The molecule has 1 aliphatic rings. The Morgan fingerprint density at radius 3 is 2.78 bits per heavy atom. The molecule has 1 fully saturated rings. The predicted molar refractivity (Wildman–Crippen MR) is 89.4 cm³/mol. The molecule has 0 bridgehead atoms. The van der Waals surface area contributed by atoms with Crippen LogP contribution in [0.25, 0.3) is 22.3 Å². The van der Waals surface area contributed by atoms with Crippen molar-refractivity contribution in [1.82, 2.24) is 30.3 Å². The fourth-order valence-corrected chi connectivity index (χ4v) is 2.88. The first-order valence-corrected chi connectivity index (χ1v) is 7.79. The van der Waals surface area contributed by atoms with Crippen molar-refractivity contribution in [2.45, 2.75) is 6.92 Å². The SMILES string of the molecule is Cc1[nH]nc2ccc(-c3nncc(N4CCN(C)CC4)n3)cc12. The molecule has 118 valence electrons. The molecule has 0 unspecified atom stereocenters. The highest BCUT2D eigenvalue weighted by atomic mass is 15.3. The Morgan fingerprint density at radius 2 is 1.96 bits per heavy atom. The largest absolute Gasteiger partial charge is 0.353 e. The minimum Gasteiger partial charge on any atom is -0.353 e. The summed E-state index contributed by atoms with van der Waals surface area (Å²) in [4.78, 5) is 9.30. The quantitative estimate of drug-likeness (QED) is 0.773. The van der Waals surface area contributed by atoms with Gasteiger partial charge in [0.2, 0.25) is 0 Å². The van der Waals surface area contributed by atoms with Crippen molar-refractivity contribution < 1.29 is 0 Å². The molecule has 1 saturated heterocycles. The predicted octanol–water partition coefficient (Wildman–Crippen LogP) is 1.48. The van der Waals surface area contributed by atoms with Crippen LogP contribution in [0.4, 0.5) is 5.82 Å². The molecule has 7 heteroatoms. The smallest absolute Gasteiger partial charge is 0.183 e. The van der Waals surface area contributed by atoms with Crippen molar-refractivity contribution in [3.05, 3.63) is 30.1 Å². The van der Waals surface area contributed by atoms with E-state index in [0.717, 1.165) is 54.2 Å². The van der Waals surface area contributed by atoms with Crippen LogP contribution in [0.3, 0.4) is 0 Å². The number of hydrogen-bond donors (Lipinski definition) is 1. The molecular formula is C16H19N7. The third-order valence-electron chi connectivity index (χ3n) is 4.38. The lowest BCUT2D eigenvalue weighted by atomic mass is 10.1. The summed E-state index contributed by atoms with van der Waals surface area (Å²) < 4.78 is 0. The Hall–Kier alpha value is -2.54. The summed E-state index contributed by atoms with van der Waals surface area (Å²) in [5.41, 5.74) is 2.96. The molecule has 7 nitrogen and oxygen atoms in total. The van der Waals surface area contributed by atoms with Crippen LogP contribution < -0.4 is 4.90 Å². The highest BCUT2D eigenvalue weighted by Crippen LogP contribution is 2.23. The first kappa shape index (κ1) is 14.1. The van der Waals surface area contributed by atoms with Gasteiger partial charge in [0, 0.05) is 42.8 Å². The summed E-state index contributed by atoms with van der Waals surface area (Å²) in [6, 6.07) is 6.05. The lowest BCUT2D eigenvalue weighted by Gasteiger charge is -2.32. The van der Waals surface area contributed by atoms with Crippen LogP contribution in [0.5, 0.6) is 0 Å². The number of likely N-dealkylation sites (N-methyl/N-ethyl adjacent to an activating group) is 1. The summed E-state index contributed by atoms with van der Waals surface area (Å²) >= 11 is 0. The summed E-state index contributed by atoms with van der Waals surface area (Å²) in [7, 11) is 2.14. The number of nitrogens with zero attached hydrogens (tertiary/aromatic N) is 6. The van der Waals surface area contributed by atoms with Gasteiger partial charge in [-0.05, 0) is 32.2 Å². The van der Waals surface area contributed by atoms with Gasteiger partial charge in [0.15, 0.2) is 11.6 Å². The van der Waals surface area contributed by atoms with E-state index in [2.05, 4.69) is 43.3 Å². The number of H-pyrrole nitrogens is 1. The summed E-state index contributed by atoms with van der Waals surface area (Å²) in [6.45, 7) is 6.03. The standard InChI is InChI=1S/C16H19N7/c1-11-13-9-12(3-4-14(13)20-19-11)16-18-15(10-17-21-16)23-7-5-22(2)6-8-23/h3-4,9-10H,5-8H2,1-2H3,(H,19,20). The van der Waals surface area contributed by atoms with Crippen molar-refractivity contribution in [3.63, 3.8) is 0 Å². The van der Waals surface area contributed by atoms with Gasteiger partial charge in [-0.25, -0.2) is 4.98 Å². The highest BCUT2D eigenvalue weighted by molar-refractivity contribution is 5.85. The Morgan fingerprint density at radius 1 is 1.13 bits per heavy atom. The van der Waals surface area contributed by atoms with E-state index in [9.17, 15) is 0 Å². The Labute approximate surface area is 134 Å². The molecule has 23 heavy (non-hydrogen) atoms. The lowest BCUT2D eigenvalue weighted by Crippen LogP contribution is -2.44. The van der Waals surface area contributed by atoms with Gasteiger partial charge < -0.3 is 9.80 Å². The molecule has 0 radical (unpaired) electrons. The zero-order chi connectivity index (χ0) is 15.8. The Balaban J connectivity index is 1.68. The molecule has 0 aliphatic carbocycles. The molecule has 1 aromatic carbocycles. The maximum atomic E-state index is 4.72. The number of rotatable bonds is 2. The molecule has 3 heterocycles. The van der Waals surface area contributed by atoms with E-state index in [-0.39, 0.29) is 0 Å². The van der Waals surface area contributed by atoms with E-state index in [0.29, 0.717) is 5.82 Å². The normalized spacial score (nSPS) is 16.2. The van der Waals surface area contributed by atoms with Crippen molar-refractivity contribution in [2.24, 2.45) is 0 Å². The minimum absolute atomic E-state index is 0.656. The van der Waals surface area contributed by atoms with Gasteiger partial charge >= 0.3 is 0 Å². The number of aryl methyl sites for hydroxylation is 1. The van der Waals surface area contributed by atoms with Gasteiger partial charge in [-0.15, -0.1) is 5.10 Å². The highest BCUT2D eigenvalue weighted by Gasteiger charge is 2.17. The third-order valence-corrected chi connectivity index (χ3v) is 4.38. The molecular weight excluding hydrogens is 290 g/mol. The maximum Gasteiger partial charge on any atom is 0.183 e. The molecule has 1 N–H and O–H groups in total. The van der Waals surface area contributed by atoms with E-state index in [1.54, 1.807) is 6.20 Å². The molecule has 0 saturated carbocycles. The minimum atomic E-state index is 0.656. The monoisotopic (exact) mass is 309 g/mol. The van der Waals surface area contributed by atoms with Crippen molar-refractivity contribution >= 4 is 16.7 Å². The molecule has 2 aromatic heterocycles. The summed E-state index contributed by atoms with van der Waals surface area (Å²) in [5, 5.41) is 16.7. The van der Waals surface area contributed by atoms with Crippen LogP contribution in [0, 0.1) is 6.92 Å². The van der Waals surface area contributed by atoms with E-state index in [1.807, 2.05) is 19.1 Å². The number of anilines is 1. The van der Waals surface area contributed by atoms with Crippen LogP contribution in [-0.2, 0) is 0 Å². The number of fused-ring (bicyclic) bond motifs is 1. The average molecular weight is 309 g/mol. The number of piperazine rings is 1. The van der Waals surface area contributed by atoms with Gasteiger partial charge in [0.1, 0.15) is 0 Å². The first-order valence-electron chi connectivity index (χ1n) is 7.79. The molecule has 1 aliphatic heterocycles. The number of aromatic nitrogens is 5. The second kappa shape index (κ2) is 5.58. The van der Waals surface area contributed by atoms with Crippen LogP contribution in [-0.4, -0.2) is 63.5 Å². The second-order valence-corrected chi connectivity index (χ2v) is 6.01. The van der Waals surface area contributed by atoms with Crippen molar-refractivity contribution in [3.8, 4) is 11.4 Å². The summed E-state index contributed by atoms with van der Waals surface area (Å²) in [6.07, 6.45) is 1.75. The van der Waals surface area contributed by atoms with Crippen LogP contribution >= 0.6 is 0 Å². The van der Waals surface area contributed by atoms with Gasteiger partial charge in [-0.1, -0.05) is 0 Å². The van der Waals surface area contributed by atoms with Crippen molar-refractivity contribution in [1.29, 1.82) is 0 Å². The lowest BCUT2D eigenvalue weighted by molar-refractivity contribution is 0.312. The zero-order valence-corrected chi connectivity index (χ0v) is 13.3. The molecule has 0 spiro atoms. The van der Waals surface area contributed by atoms with Crippen molar-refractivity contribution in [2.75, 3.05) is 38.1 Å². The fraction of sp³-hybridized carbons (Fsp3) is 0.375. The van der Waals surface area contributed by atoms with E-state index in [4.69, 9.17) is 4.98 Å². The second-order valence-electron chi connectivity index (χ2n) is 6.01. The molecule has 3 aromatic rings. The number of benzene rings is 1. The van der Waals surface area contributed by atoms with E-state index < -0.39 is 0 Å². The molecule has 4 rings (SSSR count). The average Bonchev–Trinajstić information content (AvgIpc) is 2.96. The first-order chi connectivity index (χ1) is 11.2. The van der Waals surface area contributed by atoms with E-state index >= 15 is 0 Å². The van der Waals surface area contributed by atoms with Gasteiger partial charge in [0.05, 0.1) is 11.7 Å². The van der Waals surface area contributed by atoms with Crippen LogP contribution in [0.1, 0.15) is 5.69 Å². The zero-order valence-electron chi connectivity index (χ0n) is 13.3. The third kappa shape index (κ3) is 2.63.